The summed E-state index contributed by atoms with van der Waals surface area (Å²) in [6.45, 7) is 5.75. The largest absolute Gasteiger partial charge is 0.467 e. The Hall–Kier alpha value is -2.62. The predicted molar refractivity (Wildman–Crippen MR) is 104 cm³/mol. The number of urea groups is 1. The van der Waals surface area contributed by atoms with E-state index in [0.717, 1.165) is 0 Å². The number of hydrogen-bond acceptors (Lipinski definition) is 6. The van der Waals surface area contributed by atoms with Crippen molar-refractivity contribution < 1.29 is 23.9 Å². The molecule has 28 heavy (non-hydrogen) atoms. The van der Waals surface area contributed by atoms with E-state index in [-0.39, 0.29) is 31.1 Å². The van der Waals surface area contributed by atoms with Crippen LogP contribution in [0.4, 0.5) is 4.79 Å². The third-order valence-corrected chi connectivity index (χ3v) is 5.15. The van der Waals surface area contributed by atoms with Crippen molar-refractivity contribution in [1.29, 1.82) is 0 Å². The Morgan fingerprint density at radius 3 is 2.46 bits per heavy atom. The summed E-state index contributed by atoms with van der Waals surface area (Å²) in [5, 5.41) is 7.15. The van der Waals surface area contributed by atoms with Crippen molar-refractivity contribution >= 4 is 35.2 Å². The van der Waals surface area contributed by atoms with E-state index in [2.05, 4.69) is 15.4 Å². The molecule has 2 rings (SSSR count). The maximum atomic E-state index is 12.9. The fourth-order valence-electron chi connectivity index (χ4n) is 2.86. The fraction of sp³-hybridized carbons (Fsp3) is 0.556. The maximum Gasteiger partial charge on any atom is 0.328 e. The highest BCUT2D eigenvalue weighted by molar-refractivity contribution is 7.12. The average molecular weight is 410 g/mol. The van der Waals surface area contributed by atoms with Crippen LogP contribution in [0.15, 0.2) is 17.5 Å². The monoisotopic (exact) mass is 410 g/mol. The zero-order valence-electron chi connectivity index (χ0n) is 16.4. The first-order valence-corrected chi connectivity index (χ1v) is 9.90. The molecule has 1 aromatic heterocycles. The summed E-state index contributed by atoms with van der Waals surface area (Å²) in [7, 11) is 1.23. The second-order valence-corrected chi connectivity index (χ2v) is 7.74. The number of esters is 1. The van der Waals surface area contributed by atoms with Gasteiger partial charge in [-0.3, -0.25) is 9.59 Å². The molecule has 0 aliphatic carbocycles. The third-order valence-electron chi connectivity index (χ3n) is 4.29. The molecule has 154 valence electrons. The molecule has 4 amide bonds. The highest BCUT2D eigenvalue weighted by atomic mass is 32.1. The predicted octanol–water partition coefficient (Wildman–Crippen LogP) is 0.670. The molecule has 1 saturated heterocycles. The van der Waals surface area contributed by atoms with Crippen molar-refractivity contribution in [2.75, 3.05) is 26.7 Å². The fourth-order valence-corrected chi connectivity index (χ4v) is 3.54. The van der Waals surface area contributed by atoms with Crippen LogP contribution in [-0.2, 0) is 14.3 Å². The number of hydrogen-bond donors (Lipinski definition) is 2. The van der Waals surface area contributed by atoms with Crippen molar-refractivity contribution in [1.82, 2.24) is 20.4 Å². The van der Waals surface area contributed by atoms with Crippen molar-refractivity contribution in [3.63, 3.8) is 0 Å². The smallest absolute Gasteiger partial charge is 0.328 e. The molecule has 10 heteroatoms. The molecule has 2 N–H and O–H groups in total. The zero-order chi connectivity index (χ0) is 20.8. The van der Waals surface area contributed by atoms with Gasteiger partial charge >= 0.3 is 12.0 Å². The summed E-state index contributed by atoms with van der Waals surface area (Å²) in [5.41, 5.74) is 0. The van der Waals surface area contributed by atoms with E-state index in [4.69, 9.17) is 0 Å². The SMILES string of the molecule is COC(=O)C(C)NC(=O)C1CN(C(=O)NC(C)C)CCN1C(=O)c1cccs1. The third kappa shape index (κ3) is 5.22. The molecule has 2 atom stereocenters. The number of thiophene rings is 1. The Morgan fingerprint density at radius 1 is 1.18 bits per heavy atom. The van der Waals surface area contributed by atoms with Gasteiger partial charge < -0.3 is 25.2 Å². The molecule has 9 nitrogen and oxygen atoms in total. The van der Waals surface area contributed by atoms with Crippen LogP contribution < -0.4 is 10.6 Å². The Morgan fingerprint density at radius 2 is 1.89 bits per heavy atom. The number of nitrogens with one attached hydrogen (secondary N) is 2. The molecule has 1 aromatic rings. The molecule has 2 unspecified atom stereocenters. The van der Waals surface area contributed by atoms with Gasteiger partial charge in [0, 0.05) is 19.1 Å². The van der Waals surface area contributed by atoms with Crippen LogP contribution in [0.2, 0.25) is 0 Å². The standard InChI is InChI=1S/C18H26N4O5S/c1-11(2)19-18(26)21-7-8-22(16(24)14-6-5-9-28-14)13(10-21)15(23)20-12(3)17(25)27-4/h5-6,9,11-13H,7-8,10H2,1-4H3,(H,19,26)(H,20,23). The van der Waals surface area contributed by atoms with Crippen LogP contribution in [0.5, 0.6) is 0 Å². The summed E-state index contributed by atoms with van der Waals surface area (Å²) in [6.07, 6.45) is 0. The molecule has 1 aliphatic rings. The Bertz CT molecular complexity index is 722. The van der Waals surface area contributed by atoms with Crippen molar-refractivity contribution in [3.05, 3.63) is 22.4 Å². The summed E-state index contributed by atoms with van der Waals surface area (Å²) >= 11 is 1.29. The first kappa shape index (κ1) is 21.7. The number of nitrogens with zero attached hydrogens (tertiary/aromatic N) is 2. The number of rotatable bonds is 5. The van der Waals surface area contributed by atoms with Crippen LogP contribution >= 0.6 is 11.3 Å². The number of carbonyl (C=O) groups excluding carboxylic acids is 4. The zero-order valence-corrected chi connectivity index (χ0v) is 17.2. The lowest BCUT2D eigenvalue weighted by atomic mass is 10.1. The lowest BCUT2D eigenvalue weighted by Crippen LogP contribution is -2.63. The number of methoxy groups -OCH3 is 1. The van der Waals surface area contributed by atoms with Crippen LogP contribution in [0.25, 0.3) is 0 Å². The van der Waals surface area contributed by atoms with E-state index in [1.54, 1.807) is 17.5 Å². The van der Waals surface area contributed by atoms with E-state index in [9.17, 15) is 19.2 Å². The van der Waals surface area contributed by atoms with E-state index in [1.165, 1.54) is 35.2 Å². The Balaban J connectivity index is 2.19. The summed E-state index contributed by atoms with van der Waals surface area (Å²) < 4.78 is 4.63. The topological polar surface area (TPSA) is 108 Å². The number of carbonyl (C=O) groups is 4. The summed E-state index contributed by atoms with van der Waals surface area (Å²) in [4.78, 5) is 53.2. The van der Waals surface area contributed by atoms with Gasteiger partial charge in [-0.2, -0.15) is 0 Å². The molecular formula is C18H26N4O5S. The minimum Gasteiger partial charge on any atom is -0.467 e. The Kier molecular flexibility index (Phi) is 7.38. The van der Waals surface area contributed by atoms with Gasteiger partial charge in [-0.25, -0.2) is 9.59 Å². The van der Waals surface area contributed by atoms with Crippen LogP contribution in [0, 0.1) is 0 Å². The van der Waals surface area contributed by atoms with E-state index < -0.39 is 24.0 Å². The molecule has 0 spiro atoms. The van der Waals surface area contributed by atoms with Gasteiger partial charge in [-0.15, -0.1) is 11.3 Å². The van der Waals surface area contributed by atoms with Crippen molar-refractivity contribution in [2.45, 2.75) is 38.9 Å². The van der Waals surface area contributed by atoms with Gasteiger partial charge in [0.05, 0.1) is 18.5 Å². The van der Waals surface area contributed by atoms with E-state index in [1.807, 2.05) is 13.8 Å². The maximum absolute atomic E-state index is 12.9. The first-order valence-electron chi connectivity index (χ1n) is 9.02. The first-order chi connectivity index (χ1) is 13.2. The molecule has 2 heterocycles. The average Bonchev–Trinajstić information content (AvgIpc) is 3.20. The molecule has 0 aromatic carbocycles. The molecule has 0 bridgehead atoms. The second-order valence-electron chi connectivity index (χ2n) is 6.80. The number of piperazine rings is 1. The summed E-state index contributed by atoms with van der Waals surface area (Å²) in [6, 6.07) is 1.33. The molecule has 1 aliphatic heterocycles. The van der Waals surface area contributed by atoms with Gasteiger partial charge in [0.1, 0.15) is 12.1 Å². The minimum absolute atomic E-state index is 0.0371. The molecule has 0 saturated carbocycles. The Labute approximate surface area is 168 Å². The quantitative estimate of drug-likeness (QED) is 0.694. The van der Waals surface area contributed by atoms with E-state index in [0.29, 0.717) is 11.4 Å². The highest BCUT2D eigenvalue weighted by Gasteiger charge is 2.38. The van der Waals surface area contributed by atoms with Crippen LogP contribution in [0.3, 0.4) is 0 Å². The molecule has 0 radical (unpaired) electrons. The lowest BCUT2D eigenvalue weighted by Gasteiger charge is -2.40. The number of ether oxygens (including phenoxy) is 1. The van der Waals surface area contributed by atoms with Gasteiger partial charge in [-0.05, 0) is 32.2 Å². The molecular weight excluding hydrogens is 384 g/mol. The van der Waals surface area contributed by atoms with Gasteiger partial charge in [0.2, 0.25) is 5.91 Å². The second kappa shape index (κ2) is 9.54. The normalized spacial score (nSPS) is 17.8. The van der Waals surface area contributed by atoms with E-state index >= 15 is 0 Å². The van der Waals surface area contributed by atoms with Gasteiger partial charge in [0.15, 0.2) is 0 Å². The number of amides is 4. The van der Waals surface area contributed by atoms with Gasteiger partial charge in [0.25, 0.3) is 5.91 Å². The van der Waals surface area contributed by atoms with Crippen molar-refractivity contribution in [3.8, 4) is 0 Å². The summed E-state index contributed by atoms with van der Waals surface area (Å²) in [5.74, 6) is -1.37. The van der Waals surface area contributed by atoms with Gasteiger partial charge in [-0.1, -0.05) is 6.07 Å². The van der Waals surface area contributed by atoms with Crippen molar-refractivity contribution in [2.24, 2.45) is 0 Å². The molecule has 1 fully saturated rings. The van der Waals surface area contributed by atoms with Crippen LogP contribution in [-0.4, -0.2) is 78.5 Å². The minimum atomic E-state index is -0.909. The highest BCUT2D eigenvalue weighted by Crippen LogP contribution is 2.18. The lowest BCUT2D eigenvalue weighted by molar-refractivity contribution is -0.145. The van der Waals surface area contributed by atoms with Crippen LogP contribution in [0.1, 0.15) is 30.4 Å².